The van der Waals surface area contributed by atoms with Crippen molar-refractivity contribution in [1.82, 2.24) is 0 Å². The average Bonchev–Trinajstić information content (AvgIpc) is 2.47. The number of benzene rings is 2. The molecule has 0 fully saturated rings. The third-order valence-electron chi connectivity index (χ3n) is 3.37. The fourth-order valence-electron chi connectivity index (χ4n) is 2.40. The molecule has 0 aliphatic carbocycles. The van der Waals surface area contributed by atoms with Gasteiger partial charge >= 0.3 is 7.60 Å². The van der Waals surface area contributed by atoms with Gasteiger partial charge in [0, 0.05) is 0 Å². The SMILES string of the molecule is CCc1c(O)ccc(P(=O)(O)Oc2ccccc2)c1CC. The number of rotatable bonds is 5. The Kier molecular flexibility index (Phi) is 4.71. The molecule has 0 heterocycles. The molecule has 0 bridgehead atoms. The predicted molar refractivity (Wildman–Crippen MR) is 83.4 cm³/mol. The second kappa shape index (κ2) is 6.33. The largest absolute Gasteiger partial charge is 0.508 e. The molecule has 1 unspecified atom stereocenters. The van der Waals surface area contributed by atoms with Gasteiger partial charge in [-0.25, -0.2) is 4.57 Å². The lowest BCUT2D eigenvalue weighted by Gasteiger charge is -2.19. The highest BCUT2D eigenvalue weighted by molar-refractivity contribution is 7.61. The van der Waals surface area contributed by atoms with E-state index in [1.807, 2.05) is 19.9 Å². The van der Waals surface area contributed by atoms with Crippen LogP contribution in [0.25, 0.3) is 0 Å². The lowest BCUT2D eigenvalue weighted by atomic mass is 10.0. The minimum atomic E-state index is -3.99. The van der Waals surface area contributed by atoms with Gasteiger partial charge < -0.3 is 14.5 Å². The van der Waals surface area contributed by atoms with Gasteiger partial charge in [0.05, 0.1) is 5.30 Å². The summed E-state index contributed by atoms with van der Waals surface area (Å²) >= 11 is 0. The van der Waals surface area contributed by atoms with Crippen LogP contribution in [0.2, 0.25) is 0 Å². The predicted octanol–water partition coefficient (Wildman–Crippen LogP) is 3.41. The van der Waals surface area contributed by atoms with E-state index in [1.54, 1.807) is 24.3 Å². The summed E-state index contributed by atoms with van der Waals surface area (Å²) in [7, 11) is -3.99. The monoisotopic (exact) mass is 306 g/mol. The second-order valence-corrected chi connectivity index (χ2v) is 6.40. The first-order valence-corrected chi connectivity index (χ1v) is 8.49. The minimum Gasteiger partial charge on any atom is -0.508 e. The Bertz CT molecular complexity index is 667. The molecule has 0 spiro atoms. The normalized spacial score (nSPS) is 13.7. The van der Waals surface area contributed by atoms with Crippen molar-refractivity contribution in [2.45, 2.75) is 26.7 Å². The van der Waals surface area contributed by atoms with Crippen LogP contribution >= 0.6 is 7.60 Å². The molecular formula is C16H19O4P. The lowest BCUT2D eigenvalue weighted by Crippen LogP contribution is -2.16. The van der Waals surface area contributed by atoms with Gasteiger partial charge in [-0.3, -0.25) is 0 Å². The first-order valence-electron chi connectivity index (χ1n) is 6.91. The Hall–Kier alpha value is -1.77. The number of aromatic hydroxyl groups is 1. The van der Waals surface area contributed by atoms with E-state index in [2.05, 4.69) is 0 Å². The fraction of sp³-hybridized carbons (Fsp3) is 0.250. The molecule has 4 nitrogen and oxygen atoms in total. The molecule has 0 amide bonds. The van der Waals surface area contributed by atoms with Crippen LogP contribution in [0.5, 0.6) is 11.5 Å². The van der Waals surface area contributed by atoms with Crippen LogP contribution < -0.4 is 9.83 Å². The van der Waals surface area contributed by atoms with Crippen molar-refractivity contribution in [2.75, 3.05) is 0 Å². The molecular weight excluding hydrogens is 287 g/mol. The second-order valence-electron chi connectivity index (χ2n) is 4.69. The zero-order valence-corrected chi connectivity index (χ0v) is 13.0. The van der Waals surface area contributed by atoms with Crippen LogP contribution in [0.4, 0.5) is 0 Å². The molecule has 2 aromatic rings. The fourth-order valence-corrected chi connectivity index (χ4v) is 3.80. The van der Waals surface area contributed by atoms with Crippen molar-refractivity contribution >= 4 is 12.9 Å². The smallest absolute Gasteiger partial charge is 0.408 e. The molecule has 2 N–H and O–H groups in total. The van der Waals surface area contributed by atoms with E-state index < -0.39 is 7.60 Å². The molecule has 0 aromatic heterocycles. The Morgan fingerprint density at radius 3 is 2.19 bits per heavy atom. The van der Waals surface area contributed by atoms with Crippen LogP contribution in [-0.2, 0) is 17.4 Å². The van der Waals surface area contributed by atoms with Crippen molar-refractivity contribution in [1.29, 1.82) is 0 Å². The highest BCUT2D eigenvalue weighted by Crippen LogP contribution is 2.44. The van der Waals surface area contributed by atoms with Gasteiger partial charge in [0.2, 0.25) is 0 Å². The van der Waals surface area contributed by atoms with Gasteiger partial charge in [-0.05, 0) is 48.2 Å². The summed E-state index contributed by atoms with van der Waals surface area (Å²) in [5.41, 5.74) is 1.38. The molecule has 0 saturated carbocycles. The van der Waals surface area contributed by atoms with Gasteiger partial charge in [-0.15, -0.1) is 0 Å². The van der Waals surface area contributed by atoms with E-state index >= 15 is 0 Å². The quantitative estimate of drug-likeness (QED) is 0.831. The van der Waals surface area contributed by atoms with Crippen LogP contribution in [-0.4, -0.2) is 10.00 Å². The Morgan fingerprint density at radius 2 is 1.62 bits per heavy atom. The number of phenolic OH excluding ortho intramolecular Hbond substituents is 1. The molecule has 0 saturated heterocycles. The van der Waals surface area contributed by atoms with Crippen LogP contribution in [0, 0.1) is 0 Å². The summed E-state index contributed by atoms with van der Waals surface area (Å²) in [5.74, 6) is 0.495. The van der Waals surface area contributed by atoms with Crippen molar-refractivity contribution in [3.05, 3.63) is 53.6 Å². The lowest BCUT2D eigenvalue weighted by molar-refractivity contribution is 0.393. The van der Waals surface area contributed by atoms with Crippen LogP contribution in [0.1, 0.15) is 25.0 Å². The van der Waals surface area contributed by atoms with Gasteiger partial charge in [0.1, 0.15) is 11.5 Å². The summed E-state index contributed by atoms with van der Waals surface area (Å²) < 4.78 is 17.9. The van der Waals surface area contributed by atoms with Crippen molar-refractivity contribution in [3.8, 4) is 11.5 Å². The number of hydrogen-bond acceptors (Lipinski definition) is 3. The first kappa shape index (κ1) is 15.6. The van der Waals surface area contributed by atoms with Crippen LogP contribution in [0.15, 0.2) is 42.5 Å². The molecule has 0 aliphatic heterocycles. The number of phenols is 1. The third-order valence-corrected chi connectivity index (χ3v) is 4.85. The van der Waals surface area contributed by atoms with Gasteiger partial charge in [-0.1, -0.05) is 32.0 Å². The van der Waals surface area contributed by atoms with E-state index in [1.165, 1.54) is 12.1 Å². The molecule has 5 heteroatoms. The van der Waals surface area contributed by atoms with E-state index in [4.69, 9.17) is 4.52 Å². The summed E-state index contributed by atoms with van der Waals surface area (Å²) in [5, 5.41) is 10.1. The number of hydrogen-bond donors (Lipinski definition) is 2. The maximum absolute atomic E-state index is 12.6. The molecule has 2 rings (SSSR count). The number of para-hydroxylation sites is 1. The molecule has 112 valence electrons. The Balaban J connectivity index is 2.47. The first-order chi connectivity index (χ1) is 9.99. The molecule has 2 aromatic carbocycles. The van der Waals surface area contributed by atoms with Crippen LogP contribution in [0.3, 0.4) is 0 Å². The standard InChI is InChI=1S/C16H19O4P/c1-3-13-14(4-2)16(11-10-15(13)17)21(18,19)20-12-8-6-5-7-9-12/h5-11,17H,3-4H2,1-2H3,(H,18,19). The van der Waals surface area contributed by atoms with Gasteiger partial charge in [-0.2, -0.15) is 0 Å². The van der Waals surface area contributed by atoms with E-state index in [-0.39, 0.29) is 11.1 Å². The van der Waals surface area contributed by atoms with Crippen molar-refractivity contribution < 1.29 is 19.1 Å². The average molecular weight is 306 g/mol. The highest BCUT2D eigenvalue weighted by Gasteiger charge is 2.29. The topological polar surface area (TPSA) is 66.8 Å². The summed E-state index contributed by atoms with van der Waals surface area (Å²) in [4.78, 5) is 10.3. The molecule has 1 atom stereocenters. The Labute approximate surface area is 124 Å². The highest BCUT2D eigenvalue weighted by atomic mass is 31.2. The maximum atomic E-state index is 12.6. The van der Waals surface area contributed by atoms with Gasteiger partial charge in [0.15, 0.2) is 0 Å². The summed E-state index contributed by atoms with van der Waals surface area (Å²) in [6, 6.07) is 11.5. The molecule has 0 aliphatic rings. The van der Waals surface area contributed by atoms with Gasteiger partial charge in [0.25, 0.3) is 0 Å². The van der Waals surface area contributed by atoms with E-state index in [0.717, 1.165) is 0 Å². The zero-order chi connectivity index (χ0) is 15.5. The maximum Gasteiger partial charge on any atom is 0.408 e. The zero-order valence-electron chi connectivity index (χ0n) is 12.1. The van der Waals surface area contributed by atoms with E-state index in [9.17, 15) is 14.6 Å². The Morgan fingerprint density at radius 1 is 1.00 bits per heavy atom. The molecule has 21 heavy (non-hydrogen) atoms. The van der Waals surface area contributed by atoms with E-state index in [0.29, 0.717) is 29.7 Å². The van der Waals surface area contributed by atoms with Crippen molar-refractivity contribution in [2.24, 2.45) is 0 Å². The van der Waals surface area contributed by atoms with Crippen molar-refractivity contribution in [3.63, 3.8) is 0 Å². The molecule has 0 radical (unpaired) electrons. The summed E-state index contributed by atoms with van der Waals surface area (Å²) in [6.07, 6.45) is 1.14. The summed E-state index contributed by atoms with van der Waals surface area (Å²) in [6.45, 7) is 3.79. The third kappa shape index (κ3) is 3.29. The minimum absolute atomic E-state index is 0.151.